The van der Waals surface area contributed by atoms with Crippen molar-refractivity contribution in [3.8, 4) is 22.3 Å². The number of fused-ring (bicyclic) bond motifs is 19. The summed E-state index contributed by atoms with van der Waals surface area (Å²) in [6.07, 6.45) is 26.3. The van der Waals surface area contributed by atoms with Gasteiger partial charge in [-0.1, -0.05) is 140 Å². The smallest absolute Gasteiger partial charge is 0.0688 e. The van der Waals surface area contributed by atoms with Crippen molar-refractivity contribution in [3.05, 3.63) is 242 Å². The molecule has 8 aliphatic rings. The quantitative estimate of drug-likeness (QED) is 0.163. The molecule has 0 unspecified atom stereocenters. The van der Waals surface area contributed by atoms with Gasteiger partial charge < -0.3 is 0 Å². The highest BCUT2D eigenvalue weighted by molar-refractivity contribution is 7.25. The van der Waals surface area contributed by atoms with E-state index in [0.717, 1.165) is 38.5 Å². The van der Waals surface area contributed by atoms with Crippen molar-refractivity contribution in [1.82, 2.24) is 0 Å². The Morgan fingerprint density at radius 1 is 0.397 bits per heavy atom. The van der Waals surface area contributed by atoms with Gasteiger partial charge in [-0.2, -0.15) is 0 Å². The van der Waals surface area contributed by atoms with E-state index in [0.29, 0.717) is 0 Å². The maximum Gasteiger partial charge on any atom is 0.0688 e. The van der Waals surface area contributed by atoms with Crippen LogP contribution in [0.15, 0.2) is 203 Å². The van der Waals surface area contributed by atoms with Crippen molar-refractivity contribution in [1.29, 1.82) is 0 Å². The van der Waals surface area contributed by atoms with Gasteiger partial charge in [0.05, 0.1) is 10.8 Å². The molecule has 1 heteroatoms. The summed E-state index contributed by atoms with van der Waals surface area (Å²) >= 11 is 1.93. The molecule has 0 bridgehead atoms. The Balaban J connectivity index is 0.852. The minimum atomic E-state index is -0.230. The minimum Gasteiger partial charge on any atom is -0.135 e. The molecule has 63 heavy (non-hydrogen) atoms. The molecule has 298 valence electrons. The molecule has 0 fully saturated rings. The van der Waals surface area contributed by atoms with Gasteiger partial charge in [0, 0.05) is 20.2 Å². The molecule has 1 heterocycles. The van der Waals surface area contributed by atoms with Crippen LogP contribution < -0.4 is 0 Å². The monoisotopic (exact) mass is 820 g/mol. The summed E-state index contributed by atoms with van der Waals surface area (Å²) in [4.78, 5) is 0. The zero-order valence-corrected chi connectivity index (χ0v) is 36.0. The van der Waals surface area contributed by atoms with Crippen LogP contribution in [0.2, 0.25) is 0 Å². The second-order valence-electron chi connectivity index (χ2n) is 19.0. The van der Waals surface area contributed by atoms with E-state index in [4.69, 9.17) is 0 Å². The van der Waals surface area contributed by atoms with E-state index in [1.807, 2.05) is 11.3 Å². The van der Waals surface area contributed by atoms with Gasteiger partial charge in [0.15, 0.2) is 0 Å². The lowest BCUT2D eigenvalue weighted by atomic mass is 9.65. The van der Waals surface area contributed by atoms with E-state index in [1.165, 1.54) is 111 Å². The third-order valence-corrected chi connectivity index (χ3v) is 17.5. The van der Waals surface area contributed by atoms with Crippen molar-refractivity contribution in [2.45, 2.75) is 62.2 Å². The SMILES string of the molecule is C1=CC2=C(CC1)C1=C(C=CCC1)C21C2=C(C=CCC2)c2cc(-c3ccc4sc5ccc(C6=CC7=C(CC6)C6(c8ccccc87)c7ccccc7-c7ccccc76)cc5c4c3)ccc21. The summed E-state index contributed by atoms with van der Waals surface area (Å²) in [6.45, 7) is 0. The second kappa shape index (κ2) is 12.6. The zero-order chi connectivity index (χ0) is 41.0. The molecule has 7 aromatic rings. The predicted molar refractivity (Wildman–Crippen MR) is 265 cm³/mol. The fraction of sp³-hybridized carbons (Fsp3) is 0.161. The van der Waals surface area contributed by atoms with E-state index in [9.17, 15) is 0 Å². The Labute approximate surface area is 373 Å². The average Bonchev–Trinajstić information content (AvgIpc) is 4.12. The van der Waals surface area contributed by atoms with Gasteiger partial charge in [-0.25, -0.2) is 0 Å². The van der Waals surface area contributed by atoms with Gasteiger partial charge in [0.2, 0.25) is 0 Å². The van der Waals surface area contributed by atoms with E-state index >= 15 is 0 Å². The highest BCUT2D eigenvalue weighted by Crippen LogP contribution is 2.66. The van der Waals surface area contributed by atoms with Gasteiger partial charge in [-0.05, 0) is 193 Å². The molecule has 0 saturated carbocycles. The molecule has 0 radical (unpaired) electrons. The summed E-state index contributed by atoms with van der Waals surface area (Å²) in [6, 6.07) is 49.6. The first kappa shape index (κ1) is 35.0. The van der Waals surface area contributed by atoms with E-state index in [1.54, 1.807) is 33.4 Å². The third-order valence-electron chi connectivity index (χ3n) is 16.3. The summed E-state index contributed by atoms with van der Waals surface area (Å²) in [7, 11) is 0. The molecule has 1 aromatic heterocycles. The first-order valence-corrected chi connectivity index (χ1v) is 24.1. The van der Waals surface area contributed by atoms with Gasteiger partial charge in [0.1, 0.15) is 0 Å². The molecule has 0 N–H and O–H groups in total. The molecule has 6 aromatic carbocycles. The lowest BCUT2D eigenvalue weighted by Gasteiger charge is -2.36. The molecular weight excluding hydrogens is 777 g/mol. The van der Waals surface area contributed by atoms with Crippen LogP contribution in [0.3, 0.4) is 0 Å². The lowest BCUT2D eigenvalue weighted by molar-refractivity contribution is 0.694. The third kappa shape index (κ3) is 4.32. The van der Waals surface area contributed by atoms with Crippen molar-refractivity contribution in [2.24, 2.45) is 0 Å². The Bertz CT molecular complexity index is 3470. The molecule has 0 amide bonds. The fourth-order valence-electron chi connectivity index (χ4n) is 14.0. The normalized spacial score (nSPS) is 20.1. The van der Waals surface area contributed by atoms with Crippen LogP contribution in [0.5, 0.6) is 0 Å². The lowest BCUT2D eigenvalue weighted by Crippen LogP contribution is -2.30. The van der Waals surface area contributed by atoms with Crippen molar-refractivity contribution < 1.29 is 0 Å². The van der Waals surface area contributed by atoms with E-state index in [2.05, 4.69) is 170 Å². The Kier molecular flexibility index (Phi) is 6.97. The van der Waals surface area contributed by atoms with Gasteiger partial charge in [-0.3, -0.25) is 0 Å². The summed E-state index contributed by atoms with van der Waals surface area (Å²) in [5, 5.41) is 2.74. The highest BCUT2D eigenvalue weighted by atomic mass is 32.1. The number of thiophene rings is 1. The maximum atomic E-state index is 2.56. The molecule has 0 nitrogen and oxygen atoms in total. The number of allylic oxidation sites excluding steroid dienone is 16. The summed E-state index contributed by atoms with van der Waals surface area (Å²) in [5.41, 5.74) is 29.0. The Morgan fingerprint density at radius 2 is 0.937 bits per heavy atom. The standard InChI is InChI=1S/C62H44S/c1-7-19-51-41(13-1)42-14-2-8-20-52(42)61(51)55-23-11-5-17-45(55)47-33-37(25-29-57(47)61)39-27-31-59-49(35-39)50-36-40(28-32-60(50)63-59)38-26-30-58-48(34-38)46-18-6-12-24-56(46)62(58)53-21-9-3-15-43(53)44-16-4-10-22-54(44)62/h1-2,5-11,13-14,17-23,26-28,30-36H,3-4,12,15-16,24-25,29H2. The van der Waals surface area contributed by atoms with Crippen LogP contribution >= 0.6 is 11.3 Å². The topological polar surface area (TPSA) is 0 Å². The first-order chi connectivity index (χ1) is 31.2. The highest BCUT2D eigenvalue weighted by Gasteiger charge is 2.55. The van der Waals surface area contributed by atoms with Crippen LogP contribution in [-0.2, 0) is 10.8 Å². The average molecular weight is 821 g/mol. The fourth-order valence-corrected chi connectivity index (χ4v) is 15.0. The van der Waals surface area contributed by atoms with Crippen LogP contribution in [0.1, 0.15) is 90.3 Å². The number of rotatable bonds is 2. The summed E-state index contributed by atoms with van der Waals surface area (Å²) in [5.74, 6) is 0. The molecular formula is C62H44S. The molecule has 0 saturated heterocycles. The Morgan fingerprint density at radius 3 is 1.65 bits per heavy atom. The van der Waals surface area contributed by atoms with Crippen molar-refractivity contribution >= 4 is 48.2 Å². The molecule has 8 aliphatic carbocycles. The van der Waals surface area contributed by atoms with Gasteiger partial charge >= 0.3 is 0 Å². The Hall–Kier alpha value is -6.54. The van der Waals surface area contributed by atoms with E-state index in [-0.39, 0.29) is 10.8 Å². The van der Waals surface area contributed by atoms with Crippen LogP contribution in [0.4, 0.5) is 0 Å². The largest absolute Gasteiger partial charge is 0.135 e. The maximum absolute atomic E-state index is 2.56. The molecule has 0 aliphatic heterocycles. The van der Waals surface area contributed by atoms with Crippen molar-refractivity contribution in [3.63, 3.8) is 0 Å². The number of hydrogen-bond donors (Lipinski definition) is 0. The number of hydrogen-bond acceptors (Lipinski definition) is 1. The number of benzene rings is 6. The summed E-state index contributed by atoms with van der Waals surface area (Å²) < 4.78 is 2.72. The minimum absolute atomic E-state index is 0.131. The van der Waals surface area contributed by atoms with Crippen LogP contribution in [0, 0.1) is 0 Å². The second-order valence-corrected chi connectivity index (χ2v) is 20.1. The van der Waals surface area contributed by atoms with Crippen LogP contribution in [-0.4, -0.2) is 0 Å². The zero-order valence-electron chi connectivity index (χ0n) is 35.2. The first-order valence-electron chi connectivity index (χ1n) is 23.3. The van der Waals surface area contributed by atoms with Gasteiger partial charge in [-0.15, -0.1) is 11.3 Å². The van der Waals surface area contributed by atoms with E-state index < -0.39 is 0 Å². The molecule has 2 spiro atoms. The molecule has 0 atom stereocenters. The molecule has 15 rings (SSSR count). The van der Waals surface area contributed by atoms with Crippen LogP contribution in [0.25, 0.3) is 59.1 Å². The predicted octanol–water partition coefficient (Wildman–Crippen LogP) is 16.3. The van der Waals surface area contributed by atoms with Gasteiger partial charge in [0.25, 0.3) is 0 Å². The van der Waals surface area contributed by atoms with Crippen molar-refractivity contribution in [2.75, 3.05) is 0 Å².